The van der Waals surface area contributed by atoms with Gasteiger partial charge >= 0.3 is 0 Å². The van der Waals surface area contributed by atoms with Gasteiger partial charge in [0.2, 0.25) is 0 Å². The zero-order chi connectivity index (χ0) is 7.78. The largest absolute Gasteiger partial charge is 0.393 e. The lowest BCUT2D eigenvalue weighted by Gasteiger charge is -2.37. The molecule has 1 saturated heterocycles. The first kappa shape index (κ1) is 7.98. The van der Waals surface area contributed by atoms with Crippen LogP contribution >= 0.6 is 0 Å². The molecule has 0 amide bonds. The summed E-state index contributed by atoms with van der Waals surface area (Å²) in [5, 5.41) is 18.7. The van der Waals surface area contributed by atoms with Crippen molar-refractivity contribution >= 4 is 0 Å². The van der Waals surface area contributed by atoms with Crippen LogP contribution in [0.2, 0.25) is 0 Å². The van der Waals surface area contributed by atoms with Gasteiger partial charge in [0.25, 0.3) is 0 Å². The molecule has 0 aromatic heterocycles. The molecule has 0 radical (unpaired) electrons. The molecule has 1 aliphatic heterocycles. The van der Waals surface area contributed by atoms with E-state index in [1.165, 1.54) is 0 Å². The lowest BCUT2D eigenvalue weighted by Crippen LogP contribution is -2.47. The number of aliphatic hydroxyl groups is 2. The molecule has 60 valence electrons. The van der Waals surface area contributed by atoms with Crippen LogP contribution in [0.1, 0.15) is 20.3 Å². The third-order valence-corrected chi connectivity index (χ3v) is 2.23. The first-order valence-electron chi connectivity index (χ1n) is 3.58. The summed E-state index contributed by atoms with van der Waals surface area (Å²) in [6, 6.07) is 0. The van der Waals surface area contributed by atoms with Crippen molar-refractivity contribution < 1.29 is 14.9 Å². The lowest BCUT2D eigenvalue weighted by molar-refractivity contribution is -0.264. The van der Waals surface area contributed by atoms with Crippen LogP contribution in [0.3, 0.4) is 0 Å². The van der Waals surface area contributed by atoms with E-state index in [4.69, 9.17) is 4.74 Å². The molecule has 10 heavy (non-hydrogen) atoms. The molecule has 0 saturated carbocycles. The Hall–Kier alpha value is -0.120. The average Bonchev–Trinajstić information content (AvgIpc) is 1.83. The normalized spacial score (nSPS) is 49.2. The number of hydrogen-bond acceptors (Lipinski definition) is 3. The summed E-state index contributed by atoms with van der Waals surface area (Å²) in [4.78, 5) is 0. The predicted octanol–water partition coefficient (Wildman–Crippen LogP) is 0.112. The van der Waals surface area contributed by atoms with E-state index in [1.807, 2.05) is 0 Å². The topological polar surface area (TPSA) is 49.7 Å². The molecular weight excluding hydrogens is 132 g/mol. The van der Waals surface area contributed by atoms with E-state index >= 15 is 0 Å². The van der Waals surface area contributed by atoms with Gasteiger partial charge in [0, 0.05) is 5.92 Å². The molecule has 0 spiro atoms. The predicted molar refractivity (Wildman–Crippen MR) is 36.4 cm³/mol. The van der Waals surface area contributed by atoms with Crippen LogP contribution in [0.15, 0.2) is 0 Å². The minimum atomic E-state index is -1.14. The second kappa shape index (κ2) is 2.49. The summed E-state index contributed by atoms with van der Waals surface area (Å²) in [6.07, 6.45) is 0.195. The Balaban J connectivity index is 2.60. The van der Waals surface area contributed by atoms with Gasteiger partial charge in [-0.15, -0.1) is 0 Å². The van der Waals surface area contributed by atoms with E-state index in [0.717, 1.165) is 0 Å². The Kier molecular flexibility index (Phi) is 1.99. The van der Waals surface area contributed by atoms with Crippen molar-refractivity contribution in [2.45, 2.75) is 32.2 Å². The van der Waals surface area contributed by atoms with Crippen LogP contribution < -0.4 is 0 Å². The zero-order valence-corrected chi connectivity index (χ0v) is 6.37. The van der Waals surface area contributed by atoms with Crippen molar-refractivity contribution in [3.8, 4) is 0 Å². The minimum Gasteiger partial charge on any atom is -0.393 e. The number of rotatable bonds is 0. The highest BCUT2D eigenvalue weighted by atomic mass is 16.6. The van der Waals surface area contributed by atoms with E-state index in [1.54, 1.807) is 13.8 Å². The molecule has 0 unspecified atom stereocenters. The van der Waals surface area contributed by atoms with Crippen LogP contribution in [-0.4, -0.2) is 28.7 Å². The molecule has 0 aromatic rings. The van der Waals surface area contributed by atoms with Gasteiger partial charge in [-0.2, -0.15) is 0 Å². The van der Waals surface area contributed by atoms with E-state index in [2.05, 4.69) is 0 Å². The first-order chi connectivity index (χ1) is 4.54. The molecule has 0 bridgehead atoms. The first-order valence-corrected chi connectivity index (χ1v) is 3.58. The molecule has 3 heteroatoms. The van der Waals surface area contributed by atoms with Gasteiger partial charge in [0.05, 0.1) is 12.7 Å². The summed E-state index contributed by atoms with van der Waals surface area (Å²) in [5.41, 5.74) is 0. The smallest absolute Gasteiger partial charge is 0.167 e. The Bertz CT molecular complexity index is 122. The third kappa shape index (κ3) is 1.31. The average molecular weight is 146 g/mol. The maximum absolute atomic E-state index is 9.43. The van der Waals surface area contributed by atoms with Crippen molar-refractivity contribution in [3.05, 3.63) is 0 Å². The second-order valence-electron chi connectivity index (χ2n) is 3.05. The Morgan fingerprint density at radius 2 is 2.20 bits per heavy atom. The molecule has 1 fully saturated rings. The molecule has 3 atom stereocenters. The van der Waals surface area contributed by atoms with Crippen LogP contribution in [-0.2, 0) is 4.74 Å². The zero-order valence-electron chi connectivity index (χ0n) is 6.37. The van der Waals surface area contributed by atoms with E-state index < -0.39 is 11.9 Å². The highest BCUT2D eigenvalue weighted by Crippen LogP contribution is 2.27. The van der Waals surface area contributed by atoms with Crippen molar-refractivity contribution in [2.24, 2.45) is 5.92 Å². The van der Waals surface area contributed by atoms with Gasteiger partial charge in [-0.05, 0) is 13.3 Å². The molecule has 1 aliphatic rings. The van der Waals surface area contributed by atoms with E-state index in [0.29, 0.717) is 13.0 Å². The molecular formula is C7H14O3. The summed E-state index contributed by atoms with van der Waals surface area (Å²) in [7, 11) is 0. The van der Waals surface area contributed by atoms with Gasteiger partial charge in [0.1, 0.15) is 0 Å². The molecule has 1 rings (SSSR count). The maximum Gasteiger partial charge on any atom is 0.167 e. The molecule has 3 nitrogen and oxygen atoms in total. The minimum absolute atomic E-state index is 0.193. The van der Waals surface area contributed by atoms with Gasteiger partial charge in [-0.1, -0.05) is 6.92 Å². The fourth-order valence-electron chi connectivity index (χ4n) is 1.12. The van der Waals surface area contributed by atoms with Crippen LogP contribution in [0.5, 0.6) is 0 Å². The van der Waals surface area contributed by atoms with Crippen molar-refractivity contribution in [3.63, 3.8) is 0 Å². The Morgan fingerprint density at radius 1 is 1.60 bits per heavy atom. The van der Waals surface area contributed by atoms with E-state index in [-0.39, 0.29) is 5.92 Å². The second-order valence-corrected chi connectivity index (χ2v) is 3.05. The highest BCUT2D eigenvalue weighted by Gasteiger charge is 2.37. The van der Waals surface area contributed by atoms with Crippen LogP contribution in [0, 0.1) is 5.92 Å². The fraction of sp³-hybridized carbons (Fsp3) is 1.00. The molecule has 1 heterocycles. The van der Waals surface area contributed by atoms with E-state index in [9.17, 15) is 10.2 Å². The third-order valence-electron chi connectivity index (χ3n) is 2.23. The van der Waals surface area contributed by atoms with Gasteiger partial charge in [0.15, 0.2) is 5.79 Å². The van der Waals surface area contributed by atoms with Crippen LogP contribution in [0.4, 0.5) is 0 Å². The SMILES string of the molecule is C[C@@H]1[C@@H](O)CCO[C@@]1(C)O. The van der Waals surface area contributed by atoms with Crippen molar-refractivity contribution in [1.82, 2.24) is 0 Å². The van der Waals surface area contributed by atoms with Gasteiger partial charge < -0.3 is 14.9 Å². The summed E-state index contributed by atoms with van der Waals surface area (Å²) in [6.45, 7) is 3.81. The van der Waals surface area contributed by atoms with Gasteiger partial charge in [-0.25, -0.2) is 0 Å². The highest BCUT2D eigenvalue weighted by molar-refractivity contribution is 4.80. The molecule has 0 aliphatic carbocycles. The van der Waals surface area contributed by atoms with Crippen molar-refractivity contribution in [1.29, 1.82) is 0 Å². The number of ether oxygens (including phenoxy) is 1. The number of hydrogen-bond donors (Lipinski definition) is 2. The summed E-state index contributed by atoms with van der Waals surface area (Å²) < 4.78 is 5.04. The molecule has 2 N–H and O–H groups in total. The summed E-state index contributed by atoms with van der Waals surface area (Å²) >= 11 is 0. The van der Waals surface area contributed by atoms with Crippen molar-refractivity contribution in [2.75, 3.05) is 6.61 Å². The fourth-order valence-corrected chi connectivity index (χ4v) is 1.12. The Morgan fingerprint density at radius 3 is 2.60 bits per heavy atom. The monoisotopic (exact) mass is 146 g/mol. The standard InChI is InChI=1S/C7H14O3/c1-5-6(8)3-4-10-7(5,2)9/h5-6,8-9H,3-4H2,1-2H3/t5-,6+,7-/m1/s1. The molecule has 0 aromatic carbocycles. The van der Waals surface area contributed by atoms with Crippen LogP contribution in [0.25, 0.3) is 0 Å². The maximum atomic E-state index is 9.43. The number of aliphatic hydroxyl groups excluding tert-OH is 1. The lowest BCUT2D eigenvalue weighted by atomic mass is 9.91. The van der Waals surface area contributed by atoms with Gasteiger partial charge in [-0.3, -0.25) is 0 Å². The summed E-state index contributed by atoms with van der Waals surface area (Å²) in [5.74, 6) is -1.33. The Labute approximate surface area is 60.6 Å². The quantitative estimate of drug-likeness (QED) is 0.510.